The standard InChI is InChI=1S/C35H53N5O12S/c41-31(36-16-18-49-21-23-52-27-33(44)45)26-51-22-20-50-19-17-37-34(46)29-24-38-35(39-25-29)40-53(47,48)30-14-12-28(13-15-30)10-8-6-4-2-1-3-5-7-9-11-32(42)43/h12-15,24-25H,1-11,16-23,26-27H2,(H,36,41)(H,37,46)(H,42,43)(H,44,45)(H,38,39,40). The molecule has 1 heterocycles. The SMILES string of the molecule is O=C(O)CCCCCCCCCCCc1ccc(S(=O)(=O)Nc2ncc(C(=O)NCCOCCOCC(=O)NCCOCCOCC(=O)O)cn2)cc1. The third kappa shape index (κ3) is 22.4. The van der Waals surface area contributed by atoms with Gasteiger partial charge in [0, 0.05) is 31.9 Å². The van der Waals surface area contributed by atoms with Crippen LogP contribution in [-0.2, 0) is 49.8 Å². The molecule has 1 aromatic heterocycles. The molecule has 0 atom stereocenters. The number of nitrogens with zero attached hydrogens (tertiary/aromatic N) is 2. The molecule has 18 heteroatoms. The molecule has 2 aromatic rings. The van der Waals surface area contributed by atoms with E-state index >= 15 is 0 Å². The Morgan fingerprint density at radius 2 is 1.15 bits per heavy atom. The van der Waals surface area contributed by atoms with E-state index in [1.54, 1.807) is 24.3 Å². The van der Waals surface area contributed by atoms with Crippen molar-refractivity contribution in [2.24, 2.45) is 0 Å². The van der Waals surface area contributed by atoms with Gasteiger partial charge in [-0.2, -0.15) is 0 Å². The van der Waals surface area contributed by atoms with Gasteiger partial charge < -0.3 is 39.8 Å². The lowest BCUT2D eigenvalue weighted by Gasteiger charge is -2.09. The molecule has 0 radical (unpaired) electrons. The first-order valence-electron chi connectivity index (χ1n) is 17.8. The van der Waals surface area contributed by atoms with Crippen LogP contribution in [0.2, 0.25) is 0 Å². The number of aliphatic carboxylic acids is 2. The number of benzene rings is 1. The second-order valence-corrected chi connectivity index (χ2v) is 13.6. The highest BCUT2D eigenvalue weighted by atomic mass is 32.2. The Morgan fingerprint density at radius 1 is 0.623 bits per heavy atom. The van der Waals surface area contributed by atoms with Gasteiger partial charge in [0.1, 0.15) is 13.2 Å². The van der Waals surface area contributed by atoms with Gasteiger partial charge in [-0.3, -0.25) is 14.4 Å². The van der Waals surface area contributed by atoms with Crippen molar-refractivity contribution in [2.75, 3.05) is 70.7 Å². The molecule has 0 bridgehead atoms. The summed E-state index contributed by atoms with van der Waals surface area (Å²) in [6, 6.07) is 6.68. The summed E-state index contributed by atoms with van der Waals surface area (Å²) in [6.45, 7) is 1.04. The molecule has 296 valence electrons. The summed E-state index contributed by atoms with van der Waals surface area (Å²) >= 11 is 0. The number of carbonyl (C=O) groups excluding carboxylic acids is 2. The Morgan fingerprint density at radius 3 is 1.74 bits per heavy atom. The van der Waals surface area contributed by atoms with Crippen molar-refractivity contribution in [1.82, 2.24) is 20.6 Å². The molecule has 1 aromatic carbocycles. The molecular formula is C35H53N5O12S. The van der Waals surface area contributed by atoms with Crippen molar-refractivity contribution >= 4 is 39.7 Å². The van der Waals surface area contributed by atoms with Crippen LogP contribution in [0, 0.1) is 0 Å². The topological polar surface area (TPSA) is 242 Å². The lowest BCUT2D eigenvalue weighted by atomic mass is 10.0. The first kappa shape index (κ1) is 44.9. The van der Waals surface area contributed by atoms with E-state index in [1.807, 2.05) is 0 Å². The summed E-state index contributed by atoms with van der Waals surface area (Å²) in [4.78, 5) is 53.0. The van der Waals surface area contributed by atoms with Gasteiger partial charge in [-0.25, -0.2) is 27.9 Å². The Labute approximate surface area is 310 Å². The van der Waals surface area contributed by atoms with E-state index < -0.39 is 27.9 Å². The quantitative estimate of drug-likeness (QED) is 0.0673. The van der Waals surface area contributed by atoms with Crippen molar-refractivity contribution in [1.29, 1.82) is 0 Å². The van der Waals surface area contributed by atoms with E-state index in [4.69, 9.17) is 29.2 Å². The van der Waals surface area contributed by atoms with Crippen LogP contribution in [0.1, 0.15) is 80.1 Å². The molecule has 0 aliphatic carbocycles. The Kier molecular flexibility index (Phi) is 23.2. The van der Waals surface area contributed by atoms with E-state index in [0.29, 0.717) is 0 Å². The summed E-state index contributed by atoms with van der Waals surface area (Å²) < 4.78 is 48.7. The number of aromatic nitrogens is 2. The van der Waals surface area contributed by atoms with Crippen LogP contribution in [0.15, 0.2) is 41.6 Å². The van der Waals surface area contributed by atoms with E-state index in [2.05, 4.69) is 25.3 Å². The predicted octanol–water partition coefficient (Wildman–Crippen LogP) is 2.80. The molecule has 0 aliphatic heterocycles. The van der Waals surface area contributed by atoms with Gasteiger partial charge in [0.25, 0.3) is 15.9 Å². The van der Waals surface area contributed by atoms with E-state index in [9.17, 15) is 27.6 Å². The van der Waals surface area contributed by atoms with E-state index in [0.717, 1.165) is 69.8 Å². The van der Waals surface area contributed by atoms with Crippen LogP contribution in [-0.4, -0.2) is 118 Å². The summed E-state index contributed by atoms with van der Waals surface area (Å²) in [7, 11) is -3.93. The van der Waals surface area contributed by atoms with E-state index in [-0.39, 0.29) is 94.7 Å². The minimum absolute atomic E-state index is 0.0738. The number of carboxylic acid groups (broad SMARTS) is 2. The number of rotatable bonds is 32. The zero-order valence-electron chi connectivity index (χ0n) is 30.1. The van der Waals surface area contributed by atoms with E-state index in [1.165, 1.54) is 12.4 Å². The van der Waals surface area contributed by atoms with Crippen molar-refractivity contribution in [2.45, 2.75) is 75.5 Å². The number of amides is 2. The molecule has 0 saturated carbocycles. The first-order valence-corrected chi connectivity index (χ1v) is 19.3. The third-order valence-corrected chi connectivity index (χ3v) is 8.88. The molecule has 0 aliphatic rings. The van der Waals surface area contributed by atoms with Crippen molar-refractivity contribution in [3.63, 3.8) is 0 Å². The number of nitrogens with one attached hydrogen (secondary N) is 3. The molecule has 0 saturated heterocycles. The second-order valence-electron chi connectivity index (χ2n) is 12.0. The van der Waals surface area contributed by atoms with Gasteiger partial charge >= 0.3 is 11.9 Å². The number of ether oxygens (including phenoxy) is 4. The lowest BCUT2D eigenvalue weighted by molar-refractivity contribution is -0.143. The lowest BCUT2D eigenvalue weighted by Crippen LogP contribution is -2.31. The minimum atomic E-state index is -3.93. The summed E-state index contributed by atoms with van der Waals surface area (Å²) in [5.41, 5.74) is 1.18. The Bertz CT molecular complexity index is 1460. The number of hydrogen-bond donors (Lipinski definition) is 5. The highest BCUT2D eigenvalue weighted by molar-refractivity contribution is 7.92. The highest BCUT2D eigenvalue weighted by Crippen LogP contribution is 2.17. The smallest absolute Gasteiger partial charge is 0.329 e. The van der Waals surface area contributed by atoms with Crippen LogP contribution < -0.4 is 15.4 Å². The van der Waals surface area contributed by atoms with Crippen LogP contribution in [0.4, 0.5) is 5.95 Å². The van der Waals surface area contributed by atoms with Gasteiger partial charge in [0.15, 0.2) is 0 Å². The largest absolute Gasteiger partial charge is 0.481 e. The fraction of sp³-hybridized carbons (Fsp3) is 0.600. The van der Waals surface area contributed by atoms with Crippen LogP contribution >= 0.6 is 0 Å². The molecule has 2 rings (SSSR count). The Balaban J connectivity index is 1.53. The zero-order valence-corrected chi connectivity index (χ0v) is 30.9. The molecule has 0 spiro atoms. The molecule has 0 unspecified atom stereocenters. The normalized spacial score (nSPS) is 11.2. The minimum Gasteiger partial charge on any atom is -0.481 e. The fourth-order valence-electron chi connectivity index (χ4n) is 4.77. The summed E-state index contributed by atoms with van der Waals surface area (Å²) in [6.07, 6.45) is 13.0. The number of carboxylic acids is 2. The highest BCUT2D eigenvalue weighted by Gasteiger charge is 2.16. The van der Waals surface area contributed by atoms with Crippen molar-refractivity contribution in [3.8, 4) is 0 Å². The first-order chi connectivity index (χ1) is 25.6. The molecule has 2 amide bonds. The van der Waals surface area contributed by atoms with Gasteiger partial charge in [0.2, 0.25) is 11.9 Å². The molecule has 5 N–H and O–H groups in total. The average molecular weight is 768 g/mol. The van der Waals surface area contributed by atoms with Crippen LogP contribution in [0.5, 0.6) is 0 Å². The van der Waals surface area contributed by atoms with Gasteiger partial charge in [-0.1, -0.05) is 57.1 Å². The maximum Gasteiger partial charge on any atom is 0.329 e. The third-order valence-electron chi connectivity index (χ3n) is 7.53. The Hall–Kier alpha value is -4.23. The number of carbonyl (C=O) groups is 4. The summed E-state index contributed by atoms with van der Waals surface area (Å²) in [5, 5.41) is 22.4. The van der Waals surface area contributed by atoms with Crippen LogP contribution in [0.25, 0.3) is 0 Å². The fourth-order valence-corrected chi connectivity index (χ4v) is 5.73. The van der Waals surface area contributed by atoms with Gasteiger partial charge in [-0.15, -0.1) is 0 Å². The number of sulfonamides is 1. The van der Waals surface area contributed by atoms with Crippen molar-refractivity contribution in [3.05, 3.63) is 47.8 Å². The number of unbranched alkanes of at least 4 members (excludes halogenated alkanes) is 8. The second kappa shape index (κ2) is 27.4. The molecule has 17 nitrogen and oxygen atoms in total. The monoisotopic (exact) mass is 767 g/mol. The average Bonchev–Trinajstić information content (AvgIpc) is 3.12. The molecule has 0 fully saturated rings. The number of aryl methyl sites for hydroxylation is 1. The van der Waals surface area contributed by atoms with Crippen molar-refractivity contribution < 1.29 is 56.8 Å². The van der Waals surface area contributed by atoms with Crippen LogP contribution in [0.3, 0.4) is 0 Å². The van der Waals surface area contributed by atoms with Gasteiger partial charge in [0.05, 0.1) is 50.1 Å². The van der Waals surface area contributed by atoms with Gasteiger partial charge in [-0.05, 0) is 37.0 Å². The zero-order chi connectivity index (χ0) is 38.6. The maximum absolute atomic E-state index is 12.9. The maximum atomic E-state index is 12.9. The molecule has 53 heavy (non-hydrogen) atoms. The molecular weight excluding hydrogens is 714 g/mol. The number of hydrogen-bond acceptors (Lipinski definition) is 12. The predicted molar refractivity (Wildman–Crippen MR) is 193 cm³/mol. The summed E-state index contributed by atoms with van der Waals surface area (Å²) in [5.74, 6) is -2.75. The number of anilines is 1.